The van der Waals surface area contributed by atoms with Crippen LogP contribution in [0.25, 0.3) is 0 Å². The average Bonchev–Trinajstić information content (AvgIpc) is 3.11. The molecule has 1 aromatic rings. The van der Waals surface area contributed by atoms with E-state index in [1.165, 1.54) is 6.42 Å². The first-order valence-corrected chi connectivity index (χ1v) is 10.2. The number of fused-ring (bicyclic) bond motifs is 3. The Morgan fingerprint density at radius 1 is 1.21 bits per heavy atom. The second kappa shape index (κ2) is 6.39. The van der Waals surface area contributed by atoms with Crippen LogP contribution >= 0.6 is 0 Å². The number of imide groups is 1. The molecular weight excluding hydrogens is 356 g/mol. The van der Waals surface area contributed by atoms with E-state index in [0.29, 0.717) is 25.4 Å². The van der Waals surface area contributed by atoms with Gasteiger partial charge in [-0.2, -0.15) is 0 Å². The van der Waals surface area contributed by atoms with Crippen molar-refractivity contribution in [2.75, 3.05) is 13.1 Å². The molecule has 1 aliphatic carbocycles. The van der Waals surface area contributed by atoms with Crippen LogP contribution in [-0.2, 0) is 22.7 Å². The highest BCUT2D eigenvalue weighted by Crippen LogP contribution is 2.39. The van der Waals surface area contributed by atoms with E-state index in [9.17, 15) is 14.4 Å². The van der Waals surface area contributed by atoms with Crippen molar-refractivity contribution in [1.29, 1.82) is 0 Å². The van der Waals surface area contributed by atoms with Crippen molar-refractivity contribution >= 4 is 17.7 Å². The van der Waals surface area contributed by atoms with Crippen LogP contribution in [0.3, 0.4) is 0 Å². The normalized spacial score (nSPS) is 32.6. The van der Waals surface area contributed by atoms with E-state index in [2.05, 4.69) is 10.2 Å². The number of nitrogens with one attached hydrogen (secondary N) is 1. The van der Waals surface area contributed by atoms with Gasteiger partial charge in [-0.15, -0.1) is 0 Å². The van der Waals surface area contributed by atoms with Crippen LogP contribution in [0, 0.1) is 5.92 Å². The first-order chi connectivity index (χ1) is 13.4. The summed E-state index contributed by atoms with van der Waals surface area (Å²) in [5.41, 5.74) is 9.18. The molecule has 3 fully saturated rings. The molecule has 7 heteroatoms. The molecule has 2 bridgehead atoms. The van der Waals surface area contributed by atoms with Gasteiger partial charge in [0.1, 0.15) is 6.04 Å². The zero-order chi connectivity index (χ0) is 19.5. The van der Waals surface area contributed by atoms with Gasteiger partial charge in [-0.3, -0.25) is 24.6 Å². The van der Waals surface area contributed by atoms with Crippen molar-refractivity contribution in [2.24, 2.45) is 11.7 Å². The van der Waals surface area contributed by atoms with Crippen molar-refractivity contribution in [3.63, 3.8) is 0 Å². The fourth-order valence-electron chi connectivity index (χ4n) is 5.63. The molecule has 3 unspecified atom stereocenters. The van der Waals surface area contributed by atoms with Gasteiger partial charge in [0.25, 0.3) is 5.91 Å². The molecule has 3 N–H and O–H groups in total. The van der Waals surface area contributed by atoms with Gasteiger partial charge in [0.05, 0.1) is 0 Å². The number of carbonyl (C=O) groups is 3. The van der Waals surface area contributed by atoms with E-state index < -0.39 is 6.04 Å². The number of benzene rings is 1. The number of nitrogens with two attached hydrogens (primary N) is 1. The molecule has 4 aliphatic rings. The lowest BCUT2D eigenvalue weighted by molar-refractivity contribution is -0.136. The highest BCUT2D eigenvalue weighted by atomic mass is 16.2. The summed E-state index contributed by atoms with van der Waals surface area (Å²) in [5.74, 6) is -0.0631. The lowest BCUT2D eigenvalue weighted by atomic mass is 9.91. The van der Waals surface area contributed by atoms with Gasteiger partial charge in [-0.25, -0.2) is 0 Å². The molecule has 3 atom stereocenters. The van der Waals surface area contributed by atoms with Crippen LogP contribution in [0.4, 0.5) is 0 Å². The third-order valence-electron chi connectivity index (χ3n) is 6.83. The molecule has 7 nitrogen and oxygen atoms in total. The molecule has 5 rings (SSSR count). The lowest BCUT2D eigenvalue weighted by Crippen LogP contribution is -2.53. The molecule has 3 aliphatic heterocycles. The highest BCUT2D eigenvalue weighted by Gasteiger charge is 2.43. The van der Waals surface area contributed by atoms with Crippen LogP contribution in [0.1, 0.15) is 53.6 Å². The second-order valence-corrected chi connectivity index (χ2v) is 8.99. The Bertz CT molecular complexity index is 869. The molecule has 2 saturated heterocycles. The summed E-state index contributed by atoms with van der Waals surface area (Å²) in [6, 6.07) is 5.41. The predicted molar refractivity (Wildman–Crippen MR) is 102 cm³/mol. The summed E-state index contributed by atoms with van der Waals surface area (Å²) in [4.78, 5) is 40.9. The fraction of sp³-hybridized carbons (Fsp3) is 0.571. The van der Waals surface area contributed by atoms with Crippen LogP contribution < -0.4 is 11.1 Å². The molecule has 148 valence electrons. The average molecular weight is 382 g/mol. The first-order valence-electron chi connectivity index (χ1n) is 10.2. The number of nitrogens with zero attached hydrogens (tertiary/aromatic N) is 2. The fourth-order valence-corrected chi connectivity index (χ4v) is 5.63. The number of hydrogen-bond acceptors (Lipinski definition) is 5. The number of likely N-dealkylation sites (tertiary alicyclic amines) is 1. The summed E-state index contributed by atoms with van der Waals surface area (Å²) in [5, 5.41) is 2.36. The Hall–Kier alpha value is -2.25. The topological polar surface area (TPSA) is 95.7 Å². The zero-order valence-electron chi connectivity index (χ0n) is 15.9. The van der Waals surface area contributed by atoms with Crippen LogP contribution in [0.5, 0.6) is 0 Å². The third-order valence-corrected chi connectivity index (χ3v) is 6.83. The SMILES string of the molecule is NC12CCC(CN(Cc3cccc4c3C(=O)N(C3CCC(=O)NC3=O)C4)C1)C2. The molecule has 0 aromatic heterocycles. The minimum atomic E-state index is -0.566. The molecule has 0 radical (unpaired) electrons. The maximum Gasteiger partial charge on any atom is 0.255 e. The summed E-state index contributed by atoms with van der Waals surface area (Å²) in [6.07, 6.45) is 4.06. The van der Waals surface area contributed by atoms with Gasteiger partial charge in [-0.05, 0) is 42.7 Å². The van der Waals surface area contributed by atoms with Gasteiger partial charge < -0.3 is 10.6 Å². The van der Waals surface area contributed by atoms with E-state index >= 15 is 0 Å². The summed E-state index contributed by atoms with van der Waals surface area (Å²) in [6.45, 7) is 3.05. The zero-order valence-corrected chi connectivity index (χ0v) is 15.9. The molecule has 1 aromatic carbocycles. The Balaban J connectivity index is 1.37. The van der Waals surface area contributed by atoms with E-state index in [1.54, 1.807) is 4.90 Å². The first kappa shape index (κ1) is 17.8. The molecule has 3 heterocycles. The maximum absolute atomic E-state index is 13.2. The van der Waals surface area contributed by atoms with Gasteiger partial charge in [-0.1, -0.05) is 18.2 Å². The molecule has 28 heavy (non-hydrogen) atoms. The minimum Gasteiger partial charge on any atom is -0.324 e. The lowest BCUT2D eigenvalue weighted by Gasteiger charge is -2.38. The Labute approximate surface area is 164 Å². The largest absolute Gasteiger partial charge is 0.324 e. The highest BCUT2D eigenvalue weighted by molar-refractivity contribution is 6.05. The van der Waals surface area contributed by atoms with Crippen LogP contribution in [0.2, 0.25) is 0 Å². The Morgan fingerprint density at radius 2 is 2.07 bits per heavy atom. The van der Waals surface area contributed by atoms with E-state index in [1.807, 2.05) is 18.2 Å². The number of rotatable bonds is 3. The monoisotopic (exact) mass is 382 g/mol. The van der Waals surface area contributed by atoms with Gasteiger partial charge in [0.2, 0.25) is 11.8 Å². The van der Waals surface area contributed by atoms with Gasteiger partial charge in [0.15, 0.2) is 0 Å². The summed E-state index contributed by atoms with van der Waals surface area (Å²) >= 11 is 0. The molecule has 3 amide bonds. The van der Waals surface area contributed by atoms with Crippen molar-refractivity contribution in [3.05, 3.63) is 34.9 Å². The number of carbonyl (C=O) groups excluding carboxylic acids is 3. The molecule has 1 saturated carbocycles. The number of piperidine rings is 2. The van der Waals surface area contributed by atoms with Crippen molar-refractivity contribution in [1.82, 2.24) is 15.1 Å². The van der Waals surface area contributed by atoms with Crippen LogP contribution in [-0.4, -0.2) is 52.2 Å². The molecule has 0 spiro atoms. The minimum absolute atomic E-state index is 0.0797. The van der Waals surface area contributed by atoms with E-state index in [-0.39, 0.29) is 29.7 Å². The van der Waals surface area contributed by atoms with Gasteiger partial charge in [0, 0.05) is 43.7 Å². The quantitative estimate of drug-likeness (QED) is 0.753. The standard InChI is InChI=1S/C21H26N4O3/c22-21-7-6-13(8-21)9-24(12-21)10-14-2-1-3-15-11-25(20(28)18(14)15)16-4-5-17(26)23-19(16)27/h1-3,13,16H,4-12,22H2,(H,23,26,27). The van der Waals surface area contributed by atoms with Crippen molar-refractivity contribution in [3.8, 4) is 0 Å². The van der Waals surface area contributed by atoms with Gasteiger partial charge >= 0.3 is 0 Å². The van der Waals surface area contributed by atoms with Crippen molar-refractivity contribution < 1.29 is 14.4 Å². The van der Waals surface area contributed by atoms with Crippen LogP contribution in [0.15, 0.2) is 18.2 Å². The maximum atomic E-state index is 13.2. The number of amides is 3. The number of hydrogen-bond donors (Lipinski definition) is 2. The summed E-state index contributed by atoms with van der Waals surface area (Å²) < 4.78 is 0. The Kier molecular flexibility index (Phi) is 4.07. The smallest absolute Gasteiger partial charge is 0.255 e. The van der Waals surface area contributed by atoms with E-state index in [0.717, 1.165) is 42.6 Å². The van der Waals surface area contributed by atoms with Crippen molar-refractivity contribution in [2.45, 2.75) is 56.8 Å². The second-order valence-electron chi connectivity index (χ2n) is 8.99. The third kappa shape index (κ3) is 2.93. The summed E-state index contributed by atoms with van der Waals surface area (Å²) in [7, 11) is 0. The Morgan fingerprint density at radius 3 is 2.86 bits per heavy atom. The predicted octanol–water partition coefficient (Wildman–Crippen LogP) is 0.761. The molecular formula is C21H26N4O3. The van der Waals surface area contributed by atoms with E-state index in [4.69, 9.17) is 5.73 Å².